The van der Waals surface area contributed by atoms with E-state index in [4.69, 9.17) is 4.42 Å². The first kappa shape index (κ1) is 18.2. The van der Waals surface area contributed by atoms with Crippen molar-refractivity contribution in [3.05, 3.63) is 17.9 Å². The monoisotopic (exact) mass is 316 g/mol. The maximum Gasteiger partial charge on any atom is 0.273 e. The molecule has 0 fully saturated rings. The standard InChI is InChI=1S/C15H28N2O3S/c1-5-13(6-2)10-17-21(18,19)15-8-7-14(20-15)11-16-9-12(3)4/h7-8,12-13,16-17H,5-6,9-11H2,1-4H3. The van der Waals surface area contributed by atoms with E-state index in [-0.39, 0.29) is 5.09 Å². The zero-order valence-corrected chi connectivity index (χ0v) is 14.3. The van der Waals surface area contributed by atoms with Crippen LogP contribution < -0.4 is 10.0 Å². The summed E-state index contributed by atoms with van der Waals surface area (Å²) in [5, 5.41) is 3.22. The molecule has 0 bridgehead atoms. The predicted octanol–water partition coefficient (Wildman–Crippen LogP) is 2.74. The normalized spacial score (nSPS) is 12.5. The van der Waals surface area contributed by atoms with Gasteiger partial charge in [-0.2, -0.15) is 0 Å². The molecule has 5 nitrogen and oxygen atoms in total. The molecule has 1 aromatic heterocycles. The first-order valence-electron chi connectivity index (χ1n) is 7.68. The first-order chi connectivity index (χ1) is 9.89. The molecule has 0 radical (unpaired) electrons. The predicted molar refractivity (Wildman–Crippen MR) is 84.5 cm³/mol. The smallest absolute Gasteiger partial charge is 0.273 e. The maximum atomic E-state index is 12.1. The summed E-state index contributed by atoms with van der Waals surface area (Å²) >= 11 is 0. The van der Waals surface area contributed by atoms with Gasteiger partial charge in [0.25, 0.3) is 10.0 Å². The number of rotatable bonds is 10. The Balaban J connectivity index is 2.57. The number of furan rings is 1. The van der Waals surface area contributed by atoms with Crippen LogP contribution in [0, 0.1) is 11.8 Å². The minimum atomic E-state index is -3.54. The summed E-state index contributed by atoms with van der Waals surface area (Å²) in [6, 6.07) is 3.22. The van der Waals surface area contributed by atoms with Crippen molar-refractivity contribution in [1.29, 1.82) is 0 Å². The average Bonchev–Trinajstić information content (AvgIpc) is 2.89. The molecule has 1 aromatic rings. The Morgan fingerprint density at radius 1 is 1.14 bits per heavy atom. The minimum absolute atomic E-state index is 0.00481. The van der Waals surface area contributed by atoms with E-state index >= 15 is 0 Å². The second-order valence-corrected chi connectivity index (χ2v) is 7.48. The lowest BCUT2D eigenvalue weighted by Crippen LogP contribution is -2.28. The van der Waals surface area contributed by atoms with Crippen LogP contribution in [0.2, 0.25) is 0 Å². The summed E-state index contributed by atoms with van der Waals surface area (Å²) < 4.78 is 32.3. The summed E-state index contributed by atoms with van der Waals surface area (Å²) in [6.07, 6.45) is 1.92. The molecule has 0 saturated carbocycles. The Morgan fingerprint density at radius 3 is 2.38 bits per heavy atom. The van der Waals surface area contributed by atoms with E-state index in [0.717, 1.165) is 19.4 Å². The van der Waals surface area contributed by atoms with E-state index in [1.54, 1.807) is 6.07 Å². The molecular formula is C15H28N2O3S. The highest BCUT2D eigenvalue weighted by atomic mass is 32.2. The van der Waals surface area contributed by atoms with Crippen molar-refractivity contribution in [3.63, 3.8) is 0 Å². The zero-order valence-electron chi connectivity index (χ0n) is 13.5. The summed E-state index contributed by atoms with van der Waals surface area (Å²) in [5.74, 6) is 1.55. The lowest BCUT2D eigenvalue weighted by molar-refractivity contribution is 0.392. The molecule has 1 heterocycles. The fraction of sp³-hybridized carbons (Fsp3) is 0.733. The Morgan fingerprint density at radius 2 is 1.81 bits per heavy atom. The number of hydrogen-bond acceptors (Lipinski definition) is 4. The van der Waals surface area contributed by atoms with Crippen LogP contribution in [0.3, 0.4) is 0 Å². The maximum absolute atomic E-state index is 12.1. The molecule has 0 spiro atoms. The van der Waals surface area contributed by atoms with Gasteiger partial charge in [0, 0.05) is 6.54 Å². The van der Waals surface area contributed by atoms with Crippen LogP contribution in [0.15, 0.2) is 21.6 Å². The molecule has 122 valence electrons. The fourth-order valence-electron chi connectivity index (χ4n) is 1.96. The highest BCUT2D eigenvalue weighted by Gasteiger charge is 2.19. The molecule has 0 saturated heterocycles. The highest BCUT2D eigenvalue weighted by Crippen LogP contribution is 2.15. The number of nitrogens with one attached hydrogen (secondary N) is 2. The fourth-order valence-corrected chi connectivity index (χ4v) is 3.02. The van der Waals surface area contributed by atoms with Crippen molar-refractivity contribution >= 4 is 10.0 Å². The van der Waals surface area contributed by atoms with Gasteiger partial charge in [0.15, 0.2) is 0 Å². The van der Waals surface area contributed by atoms with Gasteiger partial charge in [0.05, 0.1) is 6.54 Å². The van der Waals surface area contributed by atoms with Gasteiger partial charge in [0.2, 0.25) is 5.09 Å². The summed E-state index contributed by atoms with van der Waals surface area (Å²) in [5.41, 5.74) is 0. The quantitative estimate of drug-likeness (QED) is 0.696. The van der Waals surface area contributed by atoms with Gasteiger partial charge >= 0.3 is 0 Å². The molecule has 0 aliphatic rings. The van der Waals surface area contributed by atoms with Crippen LogP contribution in [-0.4, -0.2) is 21.5 Å². The second kappa shape index (κ2) is 8.56. The largest absolute Gasteiger partial charge is 0.447 e. The zero-order chi connectivity index (χ0) is 15.9. The molecule has 0 aromatic carbocycles. The molecule has 0 aliphatic heterocycles. The van der Waals surface area contributed by atoms with Gasteiger partial charge in [-0.1, -0.05) is 40.5 Å². The van der Waals surface area contributed by atoms with E-state index in [1.165, 1.54) is 6.07 Å². The molecule has 0 atom stereocenters. The Hall–Kier alpha value is -0.850. The van der Waals surface area contributed by atoms with Gasteiger partial charge in [0.1, 0.15) is 5.76 Å². The van der Waals surface area contributed by atoms with Gasteiger partial charge in [-0.05, 0) is 30.5 Å². The second-order valence-electron chi connectivity index (χ2n) is 5.78. The number of sulfonamides is 1. The van der Waals surface area contributed by atoms with Crippen LogP contribution in [0.5, 0.6) is 0 Å². The van der Waals surface area contributed by atoms with Gasteiger partial charge in [-0.25, -0.2) is 13.1 Å². The Labute approximate surface area is 128 Å². The van der Waals surface area contributed by atoms with Gasteiger partial charge in [-0.3, -0.25) is 0 Å². The molecular weight excluding hydrogens is 288 g/mol. The third-order valence-corrected chi connectivity index (χ3v) is 4.77. The molecule has 21 heavy (non-hydrogen) atoms. The van der Waals surface area contributed by atoms with Crippen molar-refractivity contribution < 1.29 is 12.8 Å². The topological polar surface area (TPSA) is 71.3 Å². The van der Waals surface area contributed by atoms with Crippen molar-refractivity contribution in [3.8, 4) is 0 Å². The lowest BCUT2D eigenvalue weighted by atomic mass is 10.0. The third kappa shape index (κ3) is 6.20. The van der Waals surface area contributed by atoms with Crippen LogP contribution >= 0.6 is 0 Å². The Kier molecular flexibility index (Phi) is 7.42. The van der Waals surface area contributed by atoms with Gasteiger partial charge < -0.3 is 9.73 Å². The van der Waals surface area contributed by atoms with Gasteiger partial charge in [-0.15, -0.1) is 0 Å². The van der Waals surface area contributed by atoms with E-state index < -0.39 is 10.0 Å². The molecule has 0 amide bonds. The van der Waals surface area contributed by atoms with Crippen molar-refractivity contribution in [2.45, 2.75) is 52.2 Å². The first-order valence-corrected chi connectivity index (χ1v) is 9.16. The van der Waals surface area contributed by atoms with Crippen LogP contribution in [-0.2, 0) is 16.6 Å². The van der Waals surface area contributed by atoms with Crippen molar-refractivity contribution in [2.24, 2.45) is 11.8 Å². The van der Waals surface area contributed by atoms with Crippen LogP contribution in [0.4, 0.5) is 0 Å². The number of hydrogen-bond donors (Lipinski definition) is 2. The molecule has 6 heteroatoms. The summed E-state index contributed by atoms with van der Waals surface area (Å²) in [4.78, 5) is 0. The van der Waals surface area contributed by atoms with Crippen molar-refractivity contribution in [2.75, 3.05) is 13.1 Å². The highest BCUT2D eigenvalue weighted by molar-refractivity contribution is 7.89. The lowest BCUT2D eigenvalue weighted by Gasteiger charge is -2.12. The Bertz CT molecular complexity index is 505. The molecule has 0 unspecified atom stereocenters. The van der Waals surface area contributed by atoms with Crippen LogP contribution in [0.25, 0.3) is 0 Å². The molecule has 1 rings (SSSR count). The van der Waals surface area contributed by atoms with Crippen molar-refractivity contribution in [1.82, 2.24) is 10.0 Å². The minimum Gasteiger partial charge on any atom is -0.447 e. The molecule has 0 aliphatic carbocycles. The van der Waals surface area contributed by atoms with Crippen LogP contribution in [0.1, 0.15) is 46.3 Å². The van der Waals surface area contributed by atoms with E-state index in [9.17, 15) is 8.42 Å². The molecule has 2 N–H and O–H groups in total. The average molecular weight is 316 g/mol. The van der Waals surface area contributed by atoms with E-state index in [2.05, 4.69) is 37.7 Å². The van der Waals surface area contributed by atoms with E-state index in [1.807, 2.05) is 0 Å². The van der Waals surface area contributed by atoms with E-state index in [0.29, 0.717) is 30.7 Å². The third-order valence-electron chi connectivity index (χ3n) is 3.47. The SMILES string of the molecule is CCC(CC)CNS(=O)(=O)c1ccc(CNCC(C)C)o1. The summed E-state index contributed by atoms with van der Waals surface area (Å²) in [7, 11) is -3.54. The summed E-state index contributed by atoms with van der Waals surface area (Å²) in [6.45, 7) is 10.2.